The Labute approximate surface area is 219 Å². The van der Waals surface area contributed by atoms with Crippen molar-refractivity contribution in [1.29, 1.82) is 0 Å². The average Bonchev–Trinajstić information content (AvgIpc) is 2.84. The maximum Gasteiger partial charge on any atom is 0.408 e. The minimum absolute atomic E-state index is 0.00157. The Hall–Kier alpha value is -3.32. The highest BCUT2D eigenvalue weighted by molar-refractivity contribution is 5.92. The van der Waals surface area contributed by atoms with Crippen molar-refractivity contribution in [3.8, 4) is 0 Å². The van der Waals surface area contributed by atoms with Crippen LogP contribution in [0.4, 0.5) is 13.6 Å². The SMILES string of the molecule is CC[C@H](C)[C@H](NC(=O)OCc1ccccc1)C(=O)N[C@@H](CC(C)C)C(=O)N[C@@H](CC(F)F)C(O)(O)C(=O)O. The Bertz CT molecular complexity index is 930. The van der Waals surface area contributed by atoms with Gasteiger partial charge in [0.05, 0.1) is 6.04 Å². The number of ether oxygens (including phenoxy) is 1. The number of alkyl carbamates (subject to hydrolysis) is 1. The summed E-state index contributed by atoms with van der Waals surface area (Å²) in [6.07, 6.45) is -4.94. The van der Waals surface area contributed by atoms with Crippen LogP contribution in [0.3, 0.4) is 0 Å². The zero-order valence-corrected chi connectivity index (χ0v) is 21.8. The molecular weight excluding hydrogens is 508 g/mol. The zero-order valence-electron chi connectivity index (χ0n) is 21.8. The average molecular weight is 546 g/mol. The van der Waals surface area contributed by atoms with E-state index in [0.29, 0.717) is 6.42 Å². The van der Waals surface area contributed by atoms with Gasteiger partial charge < -0.3 is 36.0 Å². The third-order valence-corrected chi connectivity index (χ3v) is 5.85. The number of rotatable bonds is 15. The maximum atomic E-state index is 13.1. The van der Waals surface area contributed by atoms with Gasteiger partial charge in [0.25, 0.3) is 5.79 Å². The molecular formula is C25H37F2N3O8. The third kappa shape index (κ3) is 10.6. The highest BCUT2D eigenvalue weighted by Gasteiger charge is 2.45. The second-order valence-corrected chi connectivity index (χ2v) is 9.48. The summed E-state index contributed by atoms with van der Waals surface area (Å²) < 4.78 is 31.2. The first-order valence-electron chi connectivity index (χ1n) is 12.2. The summed E-state index contributed by atoms with van der Waals surface area (Å²) in [5.74, 6) is -8.37. The Balaban J connectivity index is 3.03. The van der Waals surface area contributed by atoms with Gasteiger partial charge in [-0.3, -0.25) is 9.59 Å². The van der Waals surface area contributed by atoms with Crippen molar-refractivity contribution >= 4 is 23.9 Å². The molecule has 4 atom stereocenters. The molecule has 6 N–H and O–H groups in total. The molecule has 0 radical (unpaired) electrons. The molecule has 38 heavy (non-hydrogen) atoms. The molecule has 1 aromatic rings. The van der Waals surface area contributed by atoms with Crippen LogP contribution >= 0.6 is 0 Å². The van der Waals surface area contributed by atoms with Crippen molar-refractivity contribution in [1.82, 2.24) is 16.0 Å². The fourth-order valence-electron chi connectivity index (χ4n) is 3.48. The molecule has 3 amide bonds. The maximum absolute atomic E-state index is 13.1. The number of carbonyl (C=O) groups excluding carboxylic acids is 3. The molecule has 13 heteroatoms. The van der Waals surface area contributed by atoms with Crippen molar-refractivity contribution in [2.45, 2.75) is 83.9 Å². The van der Waals surface area contributed by atoms with Crippen LogP contribution in [0.2, 0.25) is 0 Å². The van der Waals surface area contributed by atoms with E-state index in [-0.39, 0.29) is 18.9 Å². The van der Waals surface area contributed by atoms with Crippen molar-refractivity contribution in [3.05, 3.63) is 35.9 Å². The second kappa shape index (κ2) is 15.2. The summed E-state index contributed by atoms with van der Waals surface area (Å²) in [4.78, 5) is 49.6. The lowest BCUT2D eigenvalue weighted by Crippen LogP contribution is -2.62. The van der Waals surface area contributed by atoms with Gasteiger partial charge in [-0.15, -0.1) is 0 Å². The number of nitrogens with one attached hydrogen (secondary N) is 3. The molecule has 1 rings (SSSR count). The lowest BCUT2D eigenvalue weighted by Gasteiger charge is -2.31. The van der Waals surface area contributed by atoms with Gasteiger partial charge in [0.15, 0.2) is 0 Å². The predicted octanol–water partition coefficient (Wildman–Crippen LogP) is 1.76. The first kappa shape index (κ1) is 32.7. The van der Waals surface area contributed by atoms with E-state index in [9.17, 15) is 38.2 Å². The van der Waals surface area contributed by atoms with Gasteiger partial charge in [0, 0.05) is 6.42 Å². The fourth-order valence-corrected chi connectivity index (χ4v) is 3.48. The minimum Gasteiger partial charge on any atom is -0.477 e. The Morgan fingerprint density at radius 3 is 2.05 bits per heavy atom. The number of carboxylic acid groups (broad SMARTS) is 1. The molecule has 0 heterocycles. The highest BCUT2D eigenvalue weighted by Crippen LogP contribution is 2.17. The molecule has 0 unspecified atom stereocenters. The van der Waals surface area contributed by atoms with Gasteiger partial charge >= 0.3 is 12.1 Å². The van der Waals surface area contributed by atoms with Gasteiger partial charge in [-0.1, -0.05) is 64.4 Å². The van der Waals surface area contributed by atoms with E-state index in [0.717, 1.165) is 5.56 Å². The summed E-state index contributed by atoms with van der Waals surface area (Å²) in [5, 5.41) is 35.4. The van der Waals surface area contributed by atoms with Crippen LogP contribution in [0.15, 0.2) is 30.3 Å². The molecule has 0 aliphatic heterocycles. The summed E-state index contributed by atoms with van der Waals surface area (Å²) in [6.45, 7) is 6.86. The van der Waals surface area contributed by atoms with Crippen LogP contribution in [0.1, 0.15) is 52.5 Å². The second-order valence-electron chi connectivity index (χ2n) is 9.48. The van der Waals surface area contributed by atoms with Crippen LogP contribution in [0.25, 0.3) is 0 Å². The molecule has 0 saturated heterocycles. The van der Waals surface area contributed by atoms with E-state index in [1.54, 1.807) is 58.0 Å². The van der Waals surface area contributed by atoms with Gasteiger partial charge in [0.1, 0.15) is 18.7 Å². The summed E-state index contributed by atoms with van der Waals surface area (Å²) >= 11 is 0. The largest absolute Gasteiger partial charge is 0.477 e. The summed E-state index contributed by atoms with van der Waals surface area (Å²) in [5.41, 5.74) is 0.726. The van der Waals surface area contributed by atoms with E-state index in [4.69, 9.17) is 9.84 Å². The normalized spacial score (nSPS) is 14.8. The Morgan fingerprint density at radius 2 is 1.55 bits per heavy atom. The van der Waals surface area contributed by atoms with Crippen LogP contribution in [-0.4, -0.2) is 69.5 Å². The molecule has 0 saturated carbocycles. The van der Waals surface area contributed by atoms with Crippen LogP contribution < -0.4 is 16.0 Å². The Kier molecular flexibility index (Phi) is 13.1. The predicted molar refractivity (Wildman–Crippen MR) is 132 cm³/mol. The number of benzene rings is 1. The van der Waals surface area contributed by atoms with Crippen molar-refractivity contribution in [2.75, 3.05) is 0 Å². The van der Waals surface area contributed by atoms with Gasteiger partial charge in [-0.2, -0.15) is 0 Å². The lowest BCUT2D eigenvalue weighted by molar-refractivity contribution is -0.216. The number of amides is 3. The van der Waals surface area contributed by atoms with E-state index in [1.165, 1.54) is 0 Å². The van der Waals surface area contributed by atoms with Crippen LogP contribution in [0.5, 0.6) is 0 Å². The van der Waals surface area contributed by atoms with Crippen LogP contribution in [-0.2, 0) is 25.7 Å². The Morgan fingerprint density at radius 1 is 0.947 bits per heavy atom. The lowest BCUT2D eigenvalue weighted by atomic mass is 9.96. The molecule has 0 aromatic heterocycles. The van der Waals surface area contributed by atoms with Gasteiger partial charge in [-0.25, -0.2) is 18.4 Å². The highest BCUT2D eigenvalue weighted by atomic mass is 19.3. The number of hydrogen-bond acceptors (Lipinski definition) is 7. The standard InChI is InChI=1S/C25H37F2N3O8/c1-5-15(4)20(30-24(35)38-13-16-9-7-6-8-10-16)22(32)28-17(11-14(2)3)21(31)29-18(12-19(26)27)25(36,37)23(33)34/h6-10,14-15,17-20,36-37H,5,11-13H2,1-4H3,(H,28,32)(H,29,31)(H,30,35)(H,33,34)/t15-,17-,18-,20-/m0/s1. The first-order valence-corrected chi connectivity index (χ1v) is 12.2. The van der Waals surface area contributed by atoms with E-state index < -0.39 is 66.6 Å². The number of alkyl halides is 2. The van der Waals surface area contributed by atoms with Crippen molar-refractivity contribution < 1.29 is 48.0 Å². The van der Waals surface area contributed by atoms with Gasteiger partial charge in [0.2, 0.25) is 18.2 Å². The zero-order chi connectivity index (χ0) is 29.0. The monoisotopic (exact) mass is 545 g/mol. The summed E-state index contributed by atoms with van der Waals surface area (Å²) in [6, 6.07) is 4.08. The molecule has 0 aliphatic carbocycles. The van der Waals surface area contributed by atoms with Crippen LogP contribution in [0, 0.1) is 11.8 Å². The number of hydrogen-bond donors (Lipinski definition) is 6. The number of halogens is 2. The van der Waals surface area contributed by atoms with E-state index >= 15 is 0 Å². The topological polar surface area (TPSA) is 174 Å². The number of aliphatic carboxylic acids is 1. The molecule has 1 aromatic carbocycles. The van der Waals surface area contributed by atoms with E-state index in [2.05, 4.69) is 10.6 Å². The number of carboxylic acids is 1. The third-order valence-electron chi connectivity index (χ3n) is 5.85. The summed E-state index contributed by atoms with van der Waals surface area (Å²) in [7, 11) is 0. The minimum atomic E-state index is -3.68. The first-order chi connectivity index (χ1) is 17.7. The molecule has 0 spiro atoms. The number of carbonyl (C=O) groups is 4. The van der Waals surface area contributed by atoms with E-state index in [1.807, 2.05) is 5.32 Å². The number of aliphatic hydroxyl groups is 2. The molecule has 0 fully saturated rings. The molecule has 214 valence electrons. The smallest absolute Gasteiger partial charge is 0.408 e. The molecule has 0 aliphatic rings. The van der Waals surface area contributed by atoms with Crippen molar-refractivity contribution in [3.63, 3.8) is 0 Å². The van der Waals surface area contributed by atoms with Gasteiger partial charge in [-0.05, 0) is 23.8 Å². The fraction of sp³-hybridized carbons (Fsp3) is 0.600. The molecule has 0 bridgehead atoms. The molecule has 11 nitrogen and oxygen atoms in total. The quantitative estimate of drug-likeness (QED) is 0.181. The van der Waals surface area contributed by atoms with Crippen molar-refractivity contribution in [2.24, 2.45) is 11.8 Å².